The number of aryl methyl sites for hydroxylation is 1. The Morgan fingerprint density at radius 2 is 2.16 bits per heavy atom. The first-order chi connectivity index (χ1) is 9.10. The van der Waals surface area contributed by atoms with Gasteiger partial charge in [0.25, 0.3) is 0 Å². The molecule has 2 aromatic rings. The van der Waals surface area contributed by atoms with Crippen LogP contribution < -0.4 is 5.32 Å². The molecule has 0 atom stereocenters. The SMILES string of the molecule is Cc1ccc(O)c(CNc2ccc(F)cc2C#N)n1. The monoisotopic (exact) mass is 257 g/mol. The zero-order valence-corrected chi connectivity index (χ0v) is 10.3. The fourth-order valence-corrected chi connectivity index (χ4v) is 1.68. The smallest absolute Gasteiger partial charge is 0.138 e. The molecule has 1 heterocycles. The Labute approximate surface area is 110 Å². The number of nitriles is 1. The summed E-state index contributed by atoms with van der Waals surface area (Å²) in [5.74, 6) is -0.377. The molecule has 96 valence electrons. The average Bonchev–Trinajstić information content (AvgIpc) is 2.40. The molecule has 0 saturated carbocycles. The molecule has 2 rings (SSSR count). The quantitative estimate of drug-likeness (QED) is 0.887. The Morgan fingerprint density at radius 1 is 1.37 bits per heavy atom. The van der Waals surface area contributed by atoms with E-state index >= 15 is 0 Å². The summed E-state index contributed by atoms with van der Waals surface area (Å²) in [5.41, 5.74) is 1.99. The van der Waals surface area contributed by atoms with E-state index in [-0.39, 0.29) is 17.9 Å². The minimum Gasteiger partial charge on any atom is -0.506 e. The number of rotatable bonds is 3. The topological polar surface area (TPSA) is 68.9 Å². The number of nitrogens with one attached hydrogen (secondary N) is 1. The zero-order valence-electron chi connectivity index (χ0n) is 10.3. The number of hydrogen-bond acceptors (Lipinski definition) is 4. The van der Waals surface area contributed by atoms with Gasteiger partial charge in [-0.2, -0.15) is 5.26 Å². The number of hydrogen-bond donors (Lipinski definition) is 2. The Hall–Kier alpha value is -2.61. The van der Waals surface area contributed by atoms with Crippen molar-refractivity contribution in [2.75, 3.05) is 5.32 Å². The minimum absolute atomic E-state index is 0.0821. The van der Waals surface area contributed by atoms with Crippen molar-refractivity contribution in [2.24, 2.45) is 0 Å². The number of aromatic hydroxyl groups is 1. The second-order valence-electron chi connectivity index (χ2n) is 4.07. The molecule has 0 unspecified atom stereocenters. The third-order valence-corrected chi connectivity index (χ3v) is 2.64. The van der Waals surface area contributed by atoms with Gasteiger partial charge < -0.3 is 10.4 Å². The first-order valence-corrected chi connectivity index (χ1v) is 5.69. The van der Waals surface area contributed by atoms with Crippen LogP contribution in [0.3, 0.4) is 0 Å². The summed E-state index contributed by atoms with van der Waals surface area (Å²) < 4.78 is 13.0. The van der Waals surface area contributed by atoms with E-state index in [9.17, 15) is 9.50 Å². The Morgan fingerprint density at radius 3 is 2.89 bits per heavy atom. The molecule has 0 spiro atoms. The molecule has 19 heavy (non-hydrogen) atoms. The van der Waals surface area contributed by atoms with E-state index in [4.69, 9.17) is 5.26 Å². The van der Waals surface area contributed by atoms with E-state index in [2.05, 4.69) is 10.3 Å². The molecule has 0 aliphatic rings. The summed E-state index contributed by atoms with van der Waals surface area (Å²) in [7, 11) is 0. The maximum Gasteiger partial charge on any atom is 0.138 e. The lowest BCUT2D eigenvalue weighted by Crippen LogP contribution is -2.04. The number of pyridine rings is 1. The van der Waals surface area contributed by atoms with Gasteiger partial charge >= 0.3 is 0 Å². The van der Waals surface area contributed by atoms with E-state index in [0.717, 1.165) is 11.8 Å². The minimum atomic E-state index is -0.460. The number of aromatic nitrogens is 1. The molecule has 0 saturated heterocycles. The lowest BCUT2D eigenvalue weighted by atomic mass is 10.2. The van der Waals surface area contributed by atoms with Crippen molar-refractivity contribution in [3.05, 3.63) is 53.1 Å². The Kier molecular flexibility index (Phi) is 3.62. The van der Waals surface area contributed by atoms with Crippen LogP contribution in [0.2, 0.25) is 0 Å². The molecular formula is C14H12FN3O. The van der Waals surface area contributed by atoms with Crippen LogP contribution in [0.5, 0.6) is 5.75 Å². The van der Waals surface area contributed by atoms with Gasteiger partial charge in [-0.25, -0.2) is 4.39 Å². The normalized spacial score (nSPS) is 9.95. The van der Waals surface area contributed by atoms with Crippen molar-refractivity contribution in [3.8, 4) is 11.8 Å². The standard InChI is InChI=1S/C14H12FN3O/c1-9-2-5-14(19)13(18-9)8-17-12-4-3-11(15)6-10(12)7-16/h2-6,17,19H,8H2,1H3. The van der Waals surface area contributed by atoms with Gasteiger partial charge in [-0.15, -0.1) is 0 Å². The molecule has 0 aliphatic carbocycles. The second kappa shape index (κ2) is 5.36. The highest BCUT2D eigenvalue weighted by Gasteiger charge is 2.06. The largest absolute Gasteiger partial charge is 0.506 e. The van der Waals surface area contributed by atoms with Crippen molar-refractivity contribution in [1.29, 1.82) is 5.26 Å². The number of benzene rings is 1. The van der Waals surface area contributed by atoms with Crippen LogP contribution in [0.4, 0.5) is 10.1 Å². The summed E-state index contributed by atoms with van der Waals surface area (Å²) in [6.45, 7) is 2.08. The van der Waals surface area contributed by atoms with Gasteiger partial charge in [-0.3, -0.25) is 4.98 Å². The van der Waals surface area contributed by atoms with E-state index in [0.29, 0.717) is 11.4 Å². The average molecular weight is 257 g/mol. The van der Waals surface area contributed by atoms with E-state index in [1.165, 1.54) is 12.1 Å². The molecule has 0 radical (unpaired) electrons. The van der Waals surface area contributed by atoms with Gasteiger partial charge in [0.05, 0.1) is 17.8 Å². The van der Waals surface area contributed by atoms with Crippen LogP contribution in [0.1, 0.15) is 17.0 Å². The third kappa shape index (κ3) is 2.99. The molecule has 0 aliphatic heterocycles. The van der Waals surface area contributed by atoms with Gasteiger partial charge in [0.15, 0.2) is 0 Å². The van der Waals surface area contributed by atoms with Gasteiger partial charge in [0.2, 0.25) is 0 Å². The maximum absolute atomic E-state index is 13.0. The van der Waals surface area contributed by atoms with Crippen LogP contribution in [0.15, 0.2) is 30.3 Å². The van der Waals surface area contributed by atoms with Crippen LogP contribution >= 0.6 is 0 Å². The van der Waals surface area contributed by atoms with Crippen LogP contribution in [0, 0.1) is 24.1 Å². The van der Waals surface area contributed by atoms with E-state index < -0.39 is 5.82 Å². The molecule has 0 fully saturated rings. The molecule has 4 nitrogen and oxygen atoms in total. The summed E-state index contributed by atoms with van der Waals surface area (Å²) >= 11 is 0. The molecule has 1 aromatic heterocycles. The van der Waals surface area contributed by atoms with E-state index in [1.807, 2.05) is 13.0 Å². The first kappa shape index (κ1) is 12.8. The predicted molar refractivity (Wildman–Crippen MR) is 69.1 cm³/mol. The summed E-state index contributed by atoms with van der Waals surface area (Å²) in [4.78, 5) is 4.19. The molecule has 2 N–H and O–H groups in total. The fourth-order valence-electron chi connectivity index (χ4n) is 1.68. The highest BCUT2D eigenvalue weighted by molar-refractivity contribution is 5.57. The highest BCUT2D eigenvalue weighted by Crippen LogP contribution is 2.19. The van der Waals surface area contributed by atoms with Crippen LogP contribution in [-0.2, 0) is 6.54 Å². The van der Waals surface area contributed by atoms with Crippen LogP contribution in [-0.4, -0.2) is 10.1 Å². The van der Waals surface area contributed by atoms with Crippen LogP contribution in [0.25, 0.3) is 0 Å². The lowest BCUT2D eigenvalue weighted by Gasteiger charge is -2.09. The summed E-state index contributed by atoms with van der Waals surface area (Å²) in [6, 6.07) is 9.10. The molecule has 0 bridgehead atoms. The summed E-state index contributed by atoms with van der Waals surface area (Å²) in [6.07, 6.45) is 0. The first-order valence-electron chi connectivity index (χ1n) is 5.69. The van der Waals surface area contributed by atoms with E-state index in [1.54, 1.807) is 12.1 Å². The fraction of sp³-hybridized carbons (Fsp3) is 0.143. The van der Waals surface area contributed by atoms with Crippen molar-refractivity contribution in [2.45, 2.75) is 13.5 Å². The molecular weight excluding hydrogens is 245 g/mol. The molecule has 5 heteroatoms. The van der Waals surface area contributed by atoms with Gasteiger partial charge in [-0.05, 0) is 37.3 Å². The van der Waals surface area contributed by atoms with Crippen molar-refractivity contribution >= 4 is 5.69 Å². The van der Waals surface area contributed by atoms with Crippen molar-refractivity contribution in [3.63, 3.8) is 0 Å². The Balaban J connectivity index is 2.19. The van der Waals surface area contributed by atoms with Gasteiger partial charge in [-0.1, -0.05) is 0 Å². The Bertz CT molecular complexity index is 650. The van der Waals surface area contributed by atoms with Crippen molar-refractivity contribution < 1.29 is 9.50 Å². The van der Waals surface area contributed by atoms with Gasteiger partial charge in [0.1, 0.15) is 23.3 Å². The number of halogens is 1. The number of anilines is 1. The molecule has 1 aromatic carbocycles. The third-order valence-electron chi connectivity index (χ3n) is 2.64. The van der Waals surface area contributed by atoms with Crippen molar-refractivity contribution in [1.82, 2.24) is 4.98 Å². The zero-order chi connectivity index (χ0) is 13.8. The number of nitrogens with zero attached hydrogens (tertiary/aromatic N) is 2. The summed E-state index contributed by atoms with van der Waals surface area (Å²) in [5, 5.41) is 21.5. The predicted octanol–water partition coefficient (Wildman–Crippen LogP) is 2.72. The maximum atomic E-state index is 13.0. The van der Waals surface area contributed by atoms with Gasteiger partial charge in [0, 0.05) is 5.69 Å². The highest BCUT2D eigenvalue weighted by atomic mass is 19.1. The second-order valence-corrected chi connectivity index (χ2v) is 4.07. The molecule has 0 amide bonds. The lowest BCUT2D eigenvalue weighted by molar-refractivity contribution is 0.464.